The van der Waals surface area contributed by atoms with Gasteiger partial charge in [-0.25, -0.2) is 4.79 Å². The van der Waals surface area contributed by atoms with Crippen LogP contribution in [0.15, 0.2) is 42.5 Å². The Morgan fingerprint density at radius 2 is 1.93 bits per heavy atom. The number of nitrogens with two attached hydrogens (primary N) is 1. The van der Waals surface area contributed by atoms with Crippen LogP contribution < -0.4 is 20.5 Å². The van der Waals surface area contributed by atoms with E-state index in [1.165, 1.54) is 4.57 Å². The molecule has 8 heteroatoms. The van der Waals surface area contributed by atoms with Crippen molar-refractivity contribution in [3.8, 4) is 11.5 Å². The van der Waals surface area contributed by atoms with Gasteiger partial charge in [-0.05, 0) is 29.3 Å². The zero-order chi connectivity index (χ0) is 19.4. The second-order valence-electron chi connectivity index (χ2n) is 6.86. The van der Waals surface area contributed by atoms with Crippen LogP contribution in [0.2, 0.25) is 0 Å². The third-order valence-corrected chi connectivity index (χ3v) is 5.32. The zero-order valence-corrected chi connectivity index (χ0v) is 14.7. The molecule has 8 nitrogen and oxygen atoms in total. The van der Waals surface area contributed by atoms with Gasteiger partial charge in [0.25, 0.3) is 0 Å². The number of hydrogen-bond acceptors (Lipinski definition) is 5. The molecule has 0 spiro atoms. The number of nitrogens with zero attached hydrogens (tertiary/aromatic N) is 1. The molecule has 5 rings (SSSR count). The Balaban J connectivity index is 1.77. The summed E-state index contributed by atoms with van der Waals surface area (Å²) in [4.78, 5) is 24.1. The van der Waals surface area contributed by atoms with Crippen LogP contribution in [0, 0.1) is 0 Å². The Labute approximate surface area is 159 Å². The van der Waals surface area contributed by atoms with Crippen LogP contribution in [0.5, 0.6) is 11.5 Å². The Kier molecular flexibility index (Phi) is 3.56. The molecule has 3 aromatic rings. The highest BCUT2D eigenvalue weighted by Crippen LogP contribution is 2.41. The smallest absolute Gasteiger partial charge is 0.323 e. The third-order valence-electron chi connectivity index (χ3n) is 5.32. The SMILES string of the molecule is NC(=O)n1c2c(c3ccccc31)C[C@H](C(=O)O)N[C@@H]2c1ccc2c(c1)OCO2. The topological polar surface area (TPSA) is 116 Å². The highest BCUT2D eigenvalue weighted by atomic mass is 16.7. The summed E-state index contributed by atoms with van der Waals surface area (Å²) in [6.45, 7) is 0.140. The maximum atomic E-state index is 12.3. The number of carboxylic acid groups (broad SMARTS) is 1. The quantitative estimate of drug-likeness (QED) is 0.627. The van der Waals surface area contributed by atoms with Gasteiger partial charge in [0.2, 0.25) is 6.79 Å². The number of carbonyl (C=O) groups excluding carboxylic acids is 1. The van der Waals surface area contributed by atoms with Gasteiger partial charge < -0.3 is 20.3 Å². The number of ether oxygens (including phenoxy) is 2. The average molecular weight is 379 g/mol. The minimum atomic E-state index is -0.952. The first-order chi connectivity index (χ1) is 13.5. The lowest BCUT2D eigenvalue weighted by Gasteiger charge is -2.30. The maximum absolute atomic E-state index is 12.3. The number of primary amides is 1. The first kappa shape index (κ1) is 16.6. The monoisotopic (exact) mass is 379 g/mol. The van der Waals surface area contributed by atoms with Crippen LogP contribution in [-0.4, -0.2) is 34.5 Å². The molecule has 0 fully saturated rings. The minimum absolute atomic E-state index is 0.140. The highest BCUT2D eigenvalue weighted by Gasteiger charge is 2.37. The molecule has 3 heterocycles. The summed E-state index contributed by atoms with van der Waals surface area (Å²) >= 11 is 0. The van der Waals surface area contributed by atoms with Crippen molar-refractivity contribution in [1.82, 2.24) is 9.88 Å². The van der Waals surface area contributed by atoms with E-state index in [1.54, 1.807) is 12.1 Å². The van der Waals surface area contributed by atoms with Crippen molar-refractivity contribution in [3.05, 3.63) is 59.3 Å². The van der Waals surface area contributed by atoms with E-state index in [4.69, 9.17) is 15.2 Å². The summed E-state index contributed by atoms with van der Waals surface area (Å²) in [6, 6.07) is 10.8. The minimum Gasteiger partial charge on any atom is -0.480 e. The van der Waals surface area contributed by atoms with Crippen molar-refractivity contribution >= 4 is 22.9 Å². The van der Waals surface area contributed by atoms with Crippen molar-refractivity contribution < 1.29 is 24.2 Å². The molecule has 2 aliphatic heterocycles. The molecular weight excluding hydrogens is 362 g/mol. The van der Waals surface area contributed by atoms with E-state index in [0.717, 1.165) is 16.5 Å². The van der Waals surface area contributed by atoms with Crippen molar-refractivity contribution in [2.45, 2.75) is 18.5 Å². The standard InChI is InChI=1S/C20H17N3O5/c21-20(26)23-14-4-2-1-3-11(14)12-8-13(19(24)25)22-17(18(12)23)10-5-6-15-16(7-10)28-9-27-15/h1-7,13,17,22H,8-9H2,(H2,21,26)(H,24,25)/t13-,17-/m1/s1. The van der Waals surface area contributed by atoms with Crippen LogP contribution in [0.25, 0.3) is 10.9 Å². The van der Waals surface area contributed by atoms with E-state index in [1.807, 2.05) is 30.3 Å². The van der Waals surface area contributed by atoms with E-state index in [0.29, 0.717) is 22.7 Å². The summed E-state index contributed by atoms with van der Waals surface area (Å²) in [5.41, 5.74) is 8.61. The average Bonchev–Trinajstić information content (AvgIpc) is 3.28. The second kappa shape index (κ2) is 6.00. The number of aromatic nitrogens is 1. The Morgan fingerprint density at radius 3 is 2.71 bits per heavy atom. The van der Waals surface area contributed by atoms with Gasteiger partial charge in [0.15, 0.2) is 11.5 Å². The molecule has 2 aliphatic rings. The molecule has 0 bridgehead atoms. The summed E-state index contributed by atoms with van der Waals surface area (Å²) in [6.07, 6.45) is 0.256. The molecule has 0 saturated heterocycles. The van der Waals surface area contributed by atoms with Gasteiger partial charge in [-0.3, -0.25) is 14.7 Å². The number of carbonyl (C=O) groups is 2. The number of aliphatic carboxylic acids is 1. The molecule has 2 atom stereocenters. The lowest BCUT2D eigenvalue weighted by atomic mass is 9.90. The van der Waals surface area contributed by atoms with E-state index in [2.05, 4.69) is 5.32 Å². The predicted octanol–water partition coefficient (Wildman–Crippen LogP) is 1.99. The fourth-order valence-electron chi connectivity index (χ4n) is 4.13. The summed E-state index contributed by atoms with van der Waals surface area (Å²) < 4.78 is 12.3. The fourth-order valence-corrected chi connectivity index (χ4v) is 4.13. The summed E-state index contributed by atoms with van der Waals surface area (Å²) in [5.74, 6) is 0.261. The first-order valence-corrected chi connectivity index (χ1v) is 8.85. The van der Waals surface area contributed by atoms with E-state index >= 15 is 0 Å². The number of nitrogens with one attached hydrogen (secondary N) is 1. The third kappa shape index (κ3) is 2.35. The van der Waals surface area contributed by atoms with Crippen molar-refractivity contribution in [2.24, 2.45) is 5.73 Å². The largest absolute Gasteiger partial charge is 0.480 e. The lowest BCUT2D eigenvalue weighted by molar-refractivity contribution is -0.139. The van der Waals surface area contributed by atoms with Crippen molar-refractivity contribution in [3.63, 3.8) is 0 Å². The van der Waals surface area contributed by atoms with E-state index in [9.17, 15) is 14.7 Å². The van der Waals surface area contributed by atoms with Crippen molar-refractivity contribution in [2.75, 3.05) is 6.79 Å². The van der Waals surface area contributed by atoms with Gasteiger partial charge in [0.1, 0.15) is 6.04 Å². The molecule has 2 aromatic carbocycles. The molecule has 142 valence electrons. The van der Waals surface area contributed by atoms with Crippen LogP contribution in [0.1, 0.15) is 22.9 Å². The van der Waals surface area contributed by atoms with Crippen LogP contribution in [0.4, 0.5) is 4.79 Å². The predicted molar refractivity (Wildman–Crippen MR) is 99.6 cm³/mol. The number of benzene rings is 2. The molecule has 0 saturated carbocycles. The van der Waals surface area contributed by atoms with E-state index < -0.39 is 24.1 Å². The molecule has 0 radical (unpaired) electrons. The number of hydrogen-bond donors (Lipinski definition) is 3. The molecule has 0 aliphatic carbocycles. The maximum Gasteiger partial charge on any atom is 0.323 e. The number of para-hydroxylation sites is 1. The Bertz CT molecular complexity index is 1140. The zero-order valence-electron chi connectivity index (χ0n) is 14.7. The van der Waals surface area contributed by atoms with Gasteiger partial charge in [-0.1, -0.05) is 24.3 Å². The summed E-state index contributed by atoms with van der Waals surface area (Å²) in [5, 5.41) is 13.6. The number of rotatable bonds is 2. The van der Waals surface area contributed by atoms with Gasteiger partial charge in [-0.2, -0.15) is 0 Å². The molecule has 4 N–H and O–H groups in total. The van der Waals surface area contributed by atoms with Crippen LogP contribution in [-0.2, 0) is 11.2 Å². The second-order valence-corrected chi connectivity index (χ2v) is 6.86. The highest BCUT2D eigenvalue weighted by molar-refractivity contribution is 5.96. The van der Waals surface area contributed by atoms with Crippen LogP contribution in [0.3, 0.4) is 0 Å². The van der Waals surface area contributed by atoms with Crippen LogP contribution >= 0.6 is 0 Å². The van der Waals surface area contributed by atoms with E-state index in [-0.39, 0.29) is 13.2 Å². The fraction of sp³-hybridized carbons (Fsp3) is 0.200. The number of carboxylic acids is 1. The summed E-state index contributed by atoms with van der Waals surface area (Å²) in [7, 11) is 0. The Morgan fingerprint density at radius 1 is 1.14 bits per heavy atom. The first-order valence-electron chi connectivity index (χ1n) is 8.85. The number of amides is 1. The molecule has 0 unspecified atom stereocenters. The molecule has 1 aromatic heterocycles. The van der Waals surface area contributed by atoms with Gasteiger partial charge in [-0.15, -0.1) is 0 Å². The normalized spacial score (nSPS) is 20.1. The molecular formula is C20H17N3O5. The van der Waals surface area contributed by atoms with Crippen molar-refractivity contribution in [1.29, 1.82) is 0 Å². The Hall–Kier alpha value is -3.52. The molecule has 28 heavy (non-hydrogen) atoms. The lowest BCUT2D eigenvalue weighted by Crippen LogP contribution is -2.46. The number of fused-ring (bicyclic) bond motifs is 4. The molecule has 1 amide bonds. The van der Waals surface area contributed by atoms with Gasteiger partial charge >= 0.3 is 12.0 Å². The van der Waals surface area contributed by atoms with Gasteiger partial charge in [0, 0.05) is 11.8 Å². The van der Waals surface area contributed by atoms with Gasteiger partial charge in [0.05, 0.1) is 17.3 Å².